The SMILES string of the molecule is CC1CCC(C(O)Cc2ccccc2)(N(C)C)CC1. The Balaban J connectivity index is 2.11. The van der Waals surface area contributed by atoms with Crippen LogP contribution in [0.3, 0.4) is 0 Å². The molecule has 2 nitrogen and oxygen atoms in total. The number of nitrogens with zero attached hydrogens (tertiary/aromatic N) is 1. The van der Waals surface area contributed by atoms with Gasteiger partial charge < -0.3 is 10.0 Å². The highest BCUT2D eigenvalue weighted by Gasteiger charge is 2.42. The van der Waals surface area contributed by atoms with Gasteiger partial charge in [-0.25, -0.2) is 0 Å². The van der Waals surface area contributed by atoms with Crippen molar-refractivity contribution in [3.63, 3.8) is 0 Å². The van der Waals surface area contributed by atoms with E-state index >= 15 is 0 Å². The molecule has 1 aromatic carbocycles. The maximum Gasteiger partial charge on any atom is 0.0763 e. The highest BCUT2D eigenvalue weighted by Crippen LogP contribution is 2.38. The Morgan fingerprint density at radius 2 is 1.79 bits per heavy atom. The lowest BCUT2D eigenvalue weighted by atomic mass is 9.72. The number of hydrogen-bond acceptors (Lipinski definition) is 2. The third-order valence-electron chi connectivity index (χ3n) is 4.92. The molecule has 1 fully saturated rings. The van der Waals surface area contributed by atoms with E-state index in [2.05, 4.69) is 38.1 Å². The first-order valence-corrected chi connectivity index (χ1v) is 7.44. The van der Waals surface area contributed by atoms with Crippen LogP contribution in [-0.4, -0.2) is 35.7 Å². The molecule has 1 N–H and O–H groups in total. The molecule has 0 spiro atoms. The summed E-state index contributed by atoms with van der Waals surface area (Å²) in [5.41, 5.74) is 1.19. The van der Waals surface area contributed by atoms with Gasteiger partial charge >= 0.3 is 0 Å². The lowest BCUT2D eigenvalue weighted by Crippen LogP contribution is -2.56. The fourth-order valence-electron chi connectivity index (χ4n) is 3.37. The average molecular weight is 261 g/mol. The molecule has 0 aromatic heterocycles. The van der Waals surface area contributed by atoms with Crippen molar-refractivity contribution in [1.82, 2.24) is 4.90 Å². The first kappa shape index (κ1) is 14.5. The standard InChI is InChI=1S/C17H27NO/c1-14-9-11-17(12-10-14,18(2)3)16(19)13-15-7-5-4-6-8-15/h4-8,14,16,19H,9-13H2,1-3H3. The van der Waals surface area contributed by atoms with E-state index in [1.165, 1.54) is 18.4 Å². The third kappa shape index (κ3) is 3.18. The van der Waals surface area contributed by atoms with Crippen LogP contribution in [0.15, 0.2) is 30.3 Å². The molecule has 1 aliphatic rings. The van der Waals surface area contributed by atoms with Gasteiger partial charge in [0.1, 0.15) is 0 Å². The van der Waals surface area contributed by atoms with E-state index in [1.807, 2.05) is 18.2 Å². The molecule has 1 saturated carbocycles. The smallest absolute Gasteiger partial charge is 0.0763 e. The van der Waals surface area contributed by atoms with Crippen molar-refractivity contribution in [2.24, 2.45) is 5.92 Å². The van der Waals surface area contributed by atoms with E-state index in [4.69, 9.17) is 0 Å². The number of aliphatic hydroxyl groups is 1. The van der Waals surface area contributed by atoms with Crippen LogP contribution >= 0.6 is 0 Å². The largest absolute Gasteiger partial charge is 0.391 e. The quantitative estimate of drug-likeness (QED) is 0.900. The van der Waals surface area contributed by atoms with Gasteiger partial charge in [0.2, 0.25) is 0 Å². The van der Waals surface area contributed by atoms with Gasteiger partial charge in [0.15, 0.2) is 0 Å². The van der Waals surface area contributed by atoms with Gasteiger partial charge in [0.05, 0.1) is 6.10 Å². The molecule has 0 bridgehead atoms. The summed E-state index contributed by atoms with van der Waals surface area (Å²) in [4.78, 5) is 2.26. The summed E-state index contributed by atoms with van der Waals surface area (Å²) in [5.74, 6) is 0.803. The Hall–Kier alpha value is -0.860. The van der Waals surface area contributed by atoms with E-state index in [1.54, 1.807) is 0 Å². The van der Waals surface area contributed by atoms with Gasteiger partial charge in [0, 0.05) is 12.0 Å². The van der Waals surface area contributed by atoms with E-state index in [0.717, 1.165) is 25.2 Å². The van der Waals surface area contributed by atoms with Crippen LogP contribution in [-0.2, 0) is 6.42 Å². The van der Waals surface area contributed by atoms with E-state index in [0.29, 0.717) is 0 Å². The maximum atomic E-state index is 10.8. The highest BCUT2D eigenvalue weighted by atomic mass is 16.3. The number of likely N-dealkylation sites (N-methyl/N-ethyl adjacent to an activating group) is 1. The van der Waals surface area contributed by atoms with Crippen molar-refractivity contribution in [2.45, 2.75) is 50.7 Å². The molecule has 1 aliphatic carbocycles. The van der Waals surface area contributed by atoms with Gasteiger partial charge in [0.25, 0.3) is 0 Å². The summed E-state index contributed by atoms with van der Waals surface area (Å²) in [6, 6.07) is 10.3. The summed E-state index contributed by atoms with van der Waals surface area (Å²) in [5, 5.41) is 10.8. The minimum atomic E-state index is -0.280. The number of rotatable bonds is 4. The lowest BCUT2D eigenvalue weighted by molar-refractivity contribution is -0.0382. The molecule has 2 rings (SSSR count). The van der Waals surface area contributed by atoms with E-state index in [9.17, 15) is 5.11 Å². The second-order valence-electron chi connectivity index (χ2n) is 6.39. The molecule has 0 radical (unpaired) electrons. The van der Waals surface area contributed by atoms with Crippen LogP contribution in [0, 0.1) is 5.92 Å². The van der Waals surface area contributed by atoms with Gasteiger partial charge in [-0.15, -0.1) is 0 Å². The minimum Gasteiger partial charge on any atom is -0.391 e. The molecule has 0 amide bonds. The van der Waals surface area contributed by atoms with Crippen molar-refractivity contribution >= 4 is 0 Å². The van der Waals surface area contributed by atoms with Gasteiger partial charge in [-0.1, -0.05) is 37.3 Å². The average Bonchev–Trinajstić information content (AvgIpc) is 2.40. The summed E-state index contributed by atoms with van der Waals surface area (Å²) in [6.45, 7) is 2.32. The molecule has 2 heteroatoms. The third-order valence-corrected chi connectivity index (χ3v) is 4.92. The molecular formula is C17H27NO. The van der Waals surface area contributed by atoms with Crippen LogP contribution in [0.4, 0.5) is 0 Å². The Morgan fingerprint density at radius 3 is 2.32 bits per heavy atom. The first-order valence-electron chi connectivity index (χ1n) is 7.44. The zero-order valence-corrected chi connectivity index (χ0v) is 12.5. The fourth-order valence-corrected chi connectivity index (χ4v) is 3.37. The zero-order valence-electron chi connectivity index (χ0n) is 12.5. The minimum absolute atomic E-state index is 0.0393. The summed E-state index contributed by atoms with van der Waals surface area (Å²) in [6.07, 6.45) is 5.14. The normalized spacial score (nSPS) is 29.4. The van der Waals surface area contributed by atoms with Crippen molar-refractivity contribution in [3.8, 4) is 0 Å². The molecule has 106 valence electrons. The molecule has 1 aromatic rings. The van der Waals surface area contributed by atoms with Crippen LogP contribution in [0.1, 0.15) is 38.2 Å². The maximum absolute atomic E-state index is 10.8. The highest BCUT2D eigenvalue weighted by molar-refractivity contribution is 5.17. The van der Waals surface area contributed by atoms with Crippen LogP contribution in [0.2, 0.25) is 0 Å². The number of hydrogen-bond donors (Lipinski definition) is 1. The molecule has 19 heavy (non-hydrogen) atoms. The van der Waals surface area contributed by atoms with Crippen LogP contribution in [0.25, 0.3) is 0 Å². The molecule has 0 saturated heterocycles. The van der Waals surface area contributed by atoms with Crippen LogP contribution in [0.5, 0.6) is 0 Å². The summed E-state index contributed by atoms with van der Waals surface area (Å²) in [7, 11) is 4.23. The molecule has 1 atom stereocenters. The predicted octanol–water partition coefficient (Wildman–Crippen LogP) is 3.10. The van der Waals surface area contributed by atoms with E-state index < -0.39 is 0 Å². The summed E-state index contributed by atoms with van der Waals surface area (Å²) < 4.78 is 0. The van der Waals surface area contributed by atoms with Crippen molar-refractivity contribution in [2.75, 3.05) is 14.1 Å². The number of aliphatic hydroxyl groups excluding tert-OH is 1. The van der Waals surface area contributed by atoms with Crippen LogP contribution < -0.4 is 0 Å². The first-order chi connectivity index (χ1) is 9.04. The fraction of sp³-hybridized carbons (Fsp3) is 0.647. The van der Waals surface area contributed by atoms with Crippen molar-refractivity contribution < 1.29 is 5.11 Å². The monoisotopic (exact) mass is 261 g/mol. The van der Waals surface area contributed by atoms with Crippen molar-refractivity contribution in [1.29, 1.82) is 0 Å². The van der Waals surface area contributed by atoms with E-state index in [-0.39, 0.29) is 11.6 Å². The number of benzene rings is 1. The molecule has 0 aliphatic heterocycles. The second kappa shape index (κ2) is 6.06. The molecule has 1 unspecified atom stereocenters. The van der Waals surface area contributed by atoms with Gasteiger partial charge in [-0.05, 0) is 51.3 Å². The summed E-state index contributed by atoms with van der Waals surface area (Å²) >= 11 is 0. The Bertz CT molecular complexity index is 380. The van der Waals surface area contributed by atoms with Gasteiger partial charge in [-0.2, -0.15) is 0 Å². The Morgan fingerprint density at radius 1 is 1.21 bits per heavy atom. The topological polar surface area (TPSA) is 23.5 Å². The van der Waals surface area contributed by atoms with Crippen molar-refractivity contribution in [3.05, 3.63) is 35.9 Å². The molecule has 0 heterocycles. The Kier molecular flexibility index (Phi) is 4.64. The predicted molar refractivity (Wildman–Crippen MR) is 80.2 cm³/mol. The Labute approximate surface area is 117 Å². The lowest BCUT2D eigenvalue weighted by Gasteiger charge is -2.47. The zero-order chi connectivity index (χ0) is 13.9. The molecular weight excluding hydrogens is 234 g/mol. The van der Waals surface area contributed by atoms with Gasteiger partial charge in [-0.3, -0.25) is 0 Å². The second-order valence-corrected chi connectivity index (χ2v) is 6.39.